The minimum Gasteiger partial charge on any atom is -0.492 e. The van der Waals surface area contributed by atoms with Crippen LogP contribution in [0, 0.1) is 5.41 Å². The number of rotatable bonds is 5. The molecule has 0 amide bonds. The molecule has 0 radical (unpaired) electrons. The van der Waals surface area contributed by atoms with Gasteiger partial charge in [-0.15, -0.1) is 0 Å². The predicted molar refractivity (Wildman–Crippen MR) is 81.2 cm³/mol. The Bertz CT molecular complexity index is 420. The van der Waals surface area contributed by atoms with Crippen molar-refractivity contribution in [2.24, 2.45) is 5.41 Å². The van der Waals surface area contributed by atoms with Crippen LogP contribution in [0.4, 0.5) is 0 Å². The SMILES string of the molecule is CC1(C)CCCN(CCOc2ccc(B(O)O)cc2)C1. The van der Waals surface area contributed by atoms with E-state index in [1.165, 1.54) is 12.8 Å². The fraction of sp³-hybridized carbons (Fsp3) is 0.600. The number of nitrogens with zero attached hydrogens (tertiary/aromatic N) is 1. The Kier molecular flexibility index (Phi) is 5.08. The van der Waals surface area contributed by atoms with Crippen LogP contribution in [0.3, 0.4) is 0 Å². The first-order chi connectivity index (χ1) is 9.46. The van der Waals surface area contributed by atoms with Crippen molar-refractivity contribution >= 4 is 12.6 Å². The average molecular weight is 277 g/mol. The van der Waals surface area contributed by atoms with Crippen LogP contribution >= 0.6 is 0 Å². The van der Waals surface area contributed by atoms with Crippen LogP contribution in [-0.2, 0) is 0 Å². The standard InChI is InChI=1S/C15H24BNO3/c1-15(2)8-3-9-17(12-15)10-11-20-14-6-4-13(5-7-14)16(18)19/h4-7,18-19H,3,8-12H2,1-2H3. The third kappa shape index (κ3) is 4.51. The molecule has 2 N–H and O–H groups in total. The van der Waals surface area contributed by atoms with E-state index in [4.69, 9.17) is 14.8 Å². The van der Waals surface area contributed by atoms with Gasteiger partial charge >= 0.3 is 7.12 Å². The van der Waals surface area contributed by atoms with Crippen molar-refractivity contribution in [1.29, 1.82) is 0 Å². The lowest BCUT2D eigenvalue weighted by atomic mass is 9.80. The van der Waals surface area contributed by atoms with Gasteiger partial charge in [-0.1, -0.05) is 26.0 Å². The molecule has 5 heteroatoms. The Balaban J connectivity index is 1.75. The molecule has 110 valence electrons. The van der Waals surface area contributed by atoms with Gasteiger partial charge in [0.2, 0.25) is 0 Å². The molecule has 0 bridgehead atoms. The second-order valence-corrected chi connectivity index (χ2v) is 6.34. The van der Waals surface area contributed by atoms with Crippen molar-refractivity contribution in [3.05, 3.63) is 24.3 Å². The molecule has 0 unspecified atom stereocenters. The largest absolute Gasteiger partial charge is 0.492 e. The summed E-state index contributed by atoms with van der Waals surface area (Å²) in [6.07, 6.45) is 2.56. The van der Waals surface area contributed by atoms with Crippen molar-refractivity contribution in [1.82, 2.24) is 4.90 Å². The van der Waals surface area contributed by atoms with Crippen LogP contribution in [0.15, 0.2) is 24.3 Å². The molecule has 1 fully saturated rings. The van der Waals surface area contributed by atoms with Gasteiger partial charge in [-0.2, -0.15) is 0 Å². The molecule has 1 aromatic rings. The highest BCUT2D eigenvalue weighted by Gasteiger charge is 2.25. The van der Waals surface area contributed by atoms with Crippen molar-refractivity contribution in [2.45, 2.75) is 26.7 Å². The lowest BCUT2D eigenvalue weighted by Gasteiger charge is -2.37. The fourth-order valence-electron chi connectivity index (χ4n) is 2.76. The second kappa shape index (κ2) is 6.61. The summed E-state index contributed by atoms with van der Waals surface area (Å²) in [4.78, 5) is 2.45. The van der Waals surface area contributed by atoms with Gasteiger partial charge in [0.05, 0.1) is 0 Å². The van der Waals surface area contributed by atoms with E-state index in [1.807, 2.05) is 0 Å². The molecule has 4 nitrogen and oxygen atoms in total. The van der Waals surface area contributed by atoms with E-state index in [0.717, 1.165) is 25.4 Å². The van der Waals surface area contributed by atoms with E-state index >= 15 is 0 Å². The molecule has 0 spiro atoms. The Hall–Kier alpha value is -1.04. The van der Waals surface area contributed by atoms with E-state index in [-0.39, 0.29) is 0 Å². The Labute approximate surface area is 121 Å². The van der Waals surface area contributed by atoms with Gasteiger partial charge in [-0.3, -0.25) is 4.90 Å². The number of piperidine rings is 1. The summed E-state index contributed by atoms with van der Waals surface area (Å²) in [5, 5.41) is 18.0. The monoisotopic (exact) mass is 277 g/mol. The zero-order valence-corrected chi connectivity index (χ0v) is 12.4. The molecule has 1 aliphatic rings. The molecule has 0 atom stereocenters. The van der Waals surface area contributed by atoms with Crippen LogP contribution in [0.2, 0.25) is 0 Å². The summed E-state index contributed by atoms with van der Waals surface area (Å²) in [5.41, 5.74) is 0.895. The van der Waals surface area contributed by atoms with Gasteiger partial charge in [0.1, 0.15) is 12.4 Å². The molecule has 0 aromatic heterocycles. The molecule has 1 saturated heterocycles. The van der Waals surface area contributed by atoms with E-state index in [9.17, 15) is 0 Å². The van der Waals surface area contributed by atoms with Gasteiger partial charge in [-0.25, -0.2) is 0 Å². The quantitative estimate of drug-likeness (QED) is 0.784. The zero-order valence-electron chi connectivity index (χ0n) is 12.4. The van der Waals surface area contributed by atoms with Crippen molar-refractivity contribution < 1.29 is 14.8 Å². The molecule has 0 aliphatic carbocycles. The van der Waals surface area contributed by atoms with Gasteiger partial charge in [-0.05, 0) is 42.4 Å². The molecule has 0 saturated carbocycles. The van der Waals surface area contributed by atoms with Crippen molar-refractivity contribution in [2.75, 3.05) is 26.2 Å². The molecule has 1 aromatic carbocycles. The van der Waals surface area contributed by atoms with Crippen molar-refractivity contribution in [3.63, 3.8) is 0 Å². The predicted octanol–water partition coefficient (Wildman–Crippen LogP) is 0.867. The van der Waals surface area contributed by atoms with E-state index in [2.05, 4.69) is 18.7 Å². The van der Waals surface area contributed by atoms with E-state index < -0.39 is 7.12 Å². The average Bonchev–Trinajstić information content (AvgIpc) is 2.38. The smallest absolute Gasteiger partial charge is 0.488 e. The number of likely N-dealkylation sites (tertiary alicyclic amines) is 1. The first-order valence-corrected chi connectivity index (χ1v) is 7.28. The molecule has 1 aliphatic heterocycles. The van der Waals surface area contributed by atoms with Gasteiger partial charge in [0, 0.05) is 13.1 Å². The number of hydrogen-bond donors (Lipinski definition) is 2. The Morgan fingerprint density at radius 2 is 1.95 bits per heavy atom. The molecule has 2 rings (SSSR count). The second-order valence-electron chi connectivity index (χ2n) is 6.34. The number of ether oxygens (including phenoxy) is 1. The summed E-state index contributed by atoms with van der Waals surface area (Å²) in [6, 6.07) is 6.89. The Morgan fingerprint density at radius 3 is 2.55 bits per heavy atom. The van der Waals surface area contributed by atoms with Crippen LogP contribution in [0.1, 0.15) is 26.7 Å². The third-order valence-electron chi connectivity index (χ3n) is 3.83. The minimum absolute atomic E-state index is 0.414. The topological polar surface area (TPSA) is 52.9 Å². The number of benzene rings is 1. The maximum Gasteiger partial charge on any atom is 0.488 e. The van der Waals surface area contributed by atoms with Gasteiger partial charge in [0.25, 0.3) is 0 Å². The minimum atomic E-state index is -1.42. The first kappa shape index (κ1) is 15.4. The highest BCUT2D eigenvalue weighted by atomic mass is 16.5. The number of hydrogen-bond acceptors (Lipinski definition) is 4. The maximum absolute atomic E-state index is 9.02. The van der Waals surface area contributed by atoms with Crippen LogP contribution in [-0.4, -0.2) is 48.3 Å². The molecule has 20 heavy (non-hydrogen) atoms. The first-order valence-electron chi connectivity index (χ1n) is 7.28. The van der Waals surface area contributed by atoms with Crippen LogP contribution in [0.5, 0.6) is 5.75 Å². The summed E-state index contributed by atoms with van der Waals surface area (Å²) >= 11 is 0. The van der Waals surface area contributed by atoms with Gasteiger partial charge in [0.15, 0.2) is 0 Å². The van der Waals surface area contributed by atoms with Gasteiger partial charge < -0.3 is 14.8 Å². The van der Waals surface area contributed by atoms with E-state index in [0.29, 0.717) is 17.5 Å². The molecule has 1 heterocycles. The third-order valence-corrected chi connectivity index (χ3v) is 3.83. The van der Waals surface area contributed by atoms with E-state index in [1.54, 1.807) is 24.3 Å². The highest BCUT2D eigenvalue weighted by Crippen LogP contribution is 2.28. The summed E-state index contributed by atoms with van der Waals surface area (Å²) in [5.74, 6) is 0.769. The lowest BCUT2D eigenvalue weighted by molar-refractivity contribution is 0.102. The lowest BCUT2D eigenvalue weighted by Crippen LogP contribution is -2.41. The van der Waals surface area contributed by atoms with Crippen LogP contribution < -0.4 is 10.2 Å². The Morgan fingerprint density at radius 1 is 1.25 bits per heavy atom. The summed E-state index contributed by atoms with van der Waals surface area (Å²) in [6.45, 7) is 8.53. The normalized spacial score (nSPS) is 18.8. The molecular weight excluding hydrogens is 253 g/mol. The fourth-order valence-corrected chi connectivity index (χ4v) is 2.76. The highest BCUT2D eigenvalue weighted by molar-refractivity contribution is 6.58. The maximum atomic E-state index is 9.02. The zero-order chi connectivity index (χ0) is 14.6. The molecular formula is C15H24BNO3. The van der Waals surface area contributed by atoms with Crippen molar-refractivity contribution in [3.8, 4) is 5.75 Å². The summed E-state index contributed by atoms with van der Waals surface area (Å²) in [7, 11) is -1.42. The summed E-state index contributed by atoms with van der Waals surface area (Å²) < 4.78 is 5.71. The van der Waals surface area contributed by atoms with Crippen LogP contribution in [0.25, 0.3) is 0 Å².